The third-order valence-corrected chi connectivity index (χ3v) is 11.7. The highest BCUT2D eigenvalue weighted by atomic mass is 32.1. The van der Waals surface area contributed by atoms with E-state index in [2.05, 4.69) is 106 Å². The monoisotopic (exact) mass is 479 g/mol. The Morgan fingerprint density at radius 2 is 1.73 bits per heavy atom. The van der Waals surface area contributed by atoms with E-state index in [1.807, 2.05) is 18.2 Å². The fourth-order valence-corrected chi connectivity index (χ4v) is 4.75. The molecular weight excluding hydrogens is 442 g/mol. The summed E-state index contributed by atoms with van der Waals surface area (Å²) in [6, 6.07) is 20.9. The molecule has 0 aliphatic carbocycles. The molecule has 0 unspecified atom stereocenters. The standard InChI is InChI=1S/C28H37NO2SSi/c1-28(2,3)33(5,6)31-19-18-29(4)25-16-14-24(15-17-26-13-10-20-32-26)27(21-25)30-22-23-11-8-7-9-12-23/h7-17,20-21H,18-19,22H2,1-6H3/b17-15+. The lowest BCUT2D eigenvalue weighted by molar-refractivity contribution is 0.295. The Balaban J connectivity index is 1.73. The van der Waals surface area contributed by atoms with Crippen LogP contribution in [0, 0.1) is 0 Å². The van der Waals surface area contributed by atoms with Gasteiger partial charge in [0.25, 0.3) is 0 Å². The highest BCUT2D eigenvalue weighted by Crippen LogP contribution is 2.36. The van der Waals surface area contributed by atoms with E-state index in [0.717, 1.165) is 35.7 Å². The average Bonchev–Trinajstić information content (AvgIpc) is 3.30. The molecular formula is C28H37NO2SSi. The van der Waals surface area contributed by atoms with Crippen molar-refractivity contribution in [3.63, 3.8) is 0 Å². The molecule has 5 heteroatoms. The first kappa shape index (κ1) is 25.3. The molecule has 3 aromatic rings. The quantitative estimate of drug-likeness (QED) is 0.275. The van der Waals surface area contributed by atoms with Crippen LogP contribution in [0.4, 0.5) is 5.69 Å². The van der Waals surface area contributed by atoms with Crippen LogP contribution in [0.1, 0.15) is 36.8 Å². The molecule has 1 aromatic heterocycles. The van der Waals surface area contributed by atoms with E-state index in [-0.39, 0.29) is 5.04 Å². The molecule has 0 saturated carbocycles. The lowest BCUT2D eigenvalue weighted by atomic mass is 10.1. The molecule has 0 aliphatic heterocycles. The van der Waals surface area contributed by atoms with E-state index in [1.54, 1.807) is 11.3 Å². The second-order valence-electron chi connectivity index (χ2n) is 9.88. The molecule has 2 aromatic carbocycles. The van der Waals surface area contributed by atoms with Crippen LogP contribution in [0.2, 0.25) is 18.1 Å². The highest BCUT2D eigenvalue weighted by Gasteiger charge is 2.36. The predicted molar refractivity (Wildman–Crippen MR) is 147 cm³/mol. The predicted octanol–water partition coefficient (Wildman–Crippen LogP) is 7.96. The van der Waals surface area contributed by atoms with Crippen molar-refractivity contribution in [1.82, 2.24) is 0 Å². The van der Waals surface area contributed by atoms with Crippen LogP contribution in [-0.4, -0.2) is 28.5 Å². The number of hydrogen-bond acceptors (Lipinski definition) is 4. The number of ether oxygens (including phenoxy) is 1. The minimum absolute atomic E-state index is 0.223. The molecule has 33 heavy (non-hydrogen) atoms. The number of anilines is 1. The summed E-state index contributed by atoms with van der Waals surface area (Å²) < 4.78 is 12.7. The van der Waals surface area contributed by atoms with Gasteiger partial charge in [-0.1, -0.05) is 57.2 Å². The molecule has 0 bridgehead atoms. The van der Waals surface area contributed by atoms with Gasteiger partial charge in [-0.15, -0.1) is 11.3 Å². The Bertz CT molecular complexity index is 1020. The molecule has 1 heterocycles. The van der Waals surface area contributed by atoms with Gasteiger partial charge in [0.05, 0.1) is 6.61 Å². The second kappa shape index (κ2) is 11.2. The topological polar surface area (TPSA) is 21.7 Å². The maximum absolute atomic E-state index is 6.38. The average molecular weight is 480 g/mol. The first-order valence-corrected chi connectivity index (χ1v) is 15.3. The van der Waals surface area contributed by atoms with Crippen LogP contribution in [0.25, 0.3) is 12.2 Å². The SMILES string of the molecule is CN(CCO[Si](C)(C)C(C)(C)C)c1ccc(/C=C/c2cccs2)c(OCc2ccccc2)c1. The maximum Gasteiger partial charge on any atom is 0.192 e. The Hall–Kier alpha value is -2.34. The Labute approximate surface area is 204 Å². The van der Waals surface area contributed by atoms with Crippen molar-refractivity contribution < 1.29 is 9.16 Å². The molecule has 0 saturated heterocycles. The third-order valence-electron chi connectivity index (χ3n) is 6.34. The van der Waals surface area contributed by atoms with Crippen molar-refractivity contribution in [3.05, 3.63) is 82.0 Å². The van der Waals surface area contributed by atoms with Crippen molar-refractivity contribution in [2.45, 2.75) is 45.5 Å². The second-order valence-corrected chi connectivity index (χ2v) is 15.7. The number of rotatable bonds is 10. The molecule has 0 radical (unpaired) electrons. The molecule has 3 rings (SSSR count). The van der Waals surface area contributed by atoms with Crippen molar-refractivity contribution in [1.29, 1.82) is 0 Å². The Morgan fingerprint density at radius 1 is 0.970 bits per heavy atom. The van der Waals surface area contributed by atoms with Crippen LogP contribution >= 0.6 is 11.3 Å². The van der Waals surface area contributed by atoms with Gasteiger partial charge in [-0.2, -0.15) is 0 Å². The number of benzene rings is 2. The van der Waals surface area contributed by atoms with Gasteiger partial charge in [0.2, 0.25) is 0 Å². The van der Waals surface area contributed by atoms with Crippen LogP contribution < -0.4 is 9.64 Å². The van der Waals surface area contributed by atoms with Crippen molar-refractivity contribution >= 4 is 37.5 Å². The van der Waals surface area contributed by atoms with E-state index in [9.17, 15) is 0 Å². The van der Waals surface area contributed by atoms with Crippen molar-refractivity contribution in [3.8, 4) is 5.75 Å². The van der Waals surface area contributed by atoms with E-state index < -0.39 is 8.32 Å². The molecule has 176 valence electrons. The van der Waals surface area contributed by atoms with Crippen LogP contribution in [0.3, 0.4) is 0 Å². The minimum Gasteiger partial charge on any atom is -0.488 e. The maximum atomic E-state index is 6.38. The molecule has 0 spiro atoms. The largest absolute Gasteiger partial charge is 0.488 e. The molecule has 0 N–H and O–H groups in total. The molecule has 3 nitrogen and oxygen atoms in total. The number of nitrogens with zero attached hydrogens (tertiary/aromatic N) is 1. The van der Waals surface area contributed by atoms with Gasteiger partial charge in [-0.05, 0) is 59.4 Å². The van der Waals surface area contributed by atoms with E-state index in [1.165, 1.54) is 4.88 Å². The molecule has 0 amide bonds. The summed E-state index contributed by atoms with van der Waals surface area (Å²) >= 11 is 1.73. The first-order valence-electron chi connectivity index (χ1n) is 11.5. The zero-order chi connectivity index (χ0) is 23.9. The smallest absolute Gasteiger partial charge is 0.192 e. The van der Waals surface area contributed by atoms with Gasteiger partial charge in [-0.25, -0.2) is 0 Å². The summed E-state index contributed by atoms with van der Waals surface area (Å²) in [5, 5.41) is 2.32. The summed E-state index contributed by atoms with van der Waals surface area (Å²) in [5.41, 5.74) is 3.37. The normalized spacial score (nSPS) is 12.3. The third kappa shape index (κ3) is 7.32. The summed E-state index contributed by atoms with van der Waals surface area (Å²) in [7, 11) is 0.378. The summed E-state index contributed by atoms with van der Waals surface area (Å²) in [6.45, 7) is 13.6. The van der Waals surface area contributed by atoms with Gasteiger partial charge in [0.1, 0.15) is 12.4 Å². The van der Waals surface area contributed by atoms with Gasteiger partial charge >= 0.3 is 0 Å². The highest BCUT2D eigenvalue weighted by molar-refractivity contribution is 7.10. The van der Waals surface area contributed by atoms with Crippen LogP contribution in [0.15, 0.2) is 66.0 Å². The van der Waals surface area contributed by atoms with Crippen molar-refractivity contribution in [2.24, 2.45) is 0 Å². The lowest BCUT2D eigenvalue weighted by Crippen LogP contribution is -2.42. The fraction of sp³-hybridized carbons (Fsp3) is 0.357. The van der Waals surface area contributed by atoms with Gasteiger partial charge in [0, 0.05) is 35.8 Å². The van der Waals surface area contributed by atoms with E-state index >= 15 is 0 Å². The zero-order valence-electron chi connectivity index (χ0n) is 20.8. The van der Waals surface area contributed by atoms with Crippen LogP contribution in [-0.2, 0) is 11.0 Å². The first-order chi connectivity index (χ1) is 15.7. The summed E-state index contributed by atoms with van der Waals surface area (Å²) in [5.74, 6) is 0.890. The lowest BCUT2D eigenvalue weighted by Gasteiger charge is -2.36. The minimum atomic E-state index is -1.74. The van der Waals surface area contributed by atoms with Crippen LogP contribution in [0.5, 0.6) is 5.75 Å². The Kier molecular flexibility index (Phi) is 8.57. The molecule has 0 atom stereocenters. The van der Waals surface area contributed by atoms with E-state index in [4.69, 9.17) is 9.16 Å². The zero-order valence-corrected chi connectivity index (χ0v) is 22.6. The van der Waals surface area contributed by atoms with Crippen molar-refractivity contribution in [2.75, 3.05) is 25.1 Å². The molecule has 0 aliphatic rings. The number of likely N-dealkylation sites (N-methyl/N-ethyl adjacent to an activating group) is 1. The molecule has 0 fully saturated rings. The van der Waals surface area contributed by atoms with Gasteiger partial charge < -0.3 is 14.1 Å². The van der Waals surface area contributed by atoms with E-state index in [0.29, 0.717) is 6.61 Å². The van der Waals surface area contributed by atoms with Gasteiger partial charge in [-0.3, -0.25) is 0 Å². The number of hydrogen-bond donors (Lipinski definition) is 0. The van der Waals surface area contributed by atoms with Gasteiger partial charge in [0.15, 0.2) is 8.32 Å². The summed E-state index contributed by atoms with van der Waals surface area (Å²) in [4.78, 5) is 3.47. The number of thiophene rings is 1. The fourth-order valence-electron chi connectivity index (χ4n) is 3.10. The Morgan fingerprint density at radius 3 is 2.39 bits per heavy atom. The summed E-state index contributed by atoms with van der Waals surface area (Å²) in [6.07, 6.45) is 4.28.